The number of carbonyl (C=O) groups is 2. The maximum Gasteiger partial charge on any atom is 0.435 e. The number of carbonyl (C=O) groups excluding carboxylic acids is 2. The van der Waals surface area contributed by atoms with Gasteiger partial charge in [0.15, 0.2) is 5.69 Å². The van der Waals surface area contributed by atoms with E-state index in [2.05, 4.69) is 5.10 Å². The highest BCUT2D eigenvalue weighted by atomic mass is 35.5. The van der Waals surface area contributed by atoms with E-state index in [0.717, 1.165) is 16.9 Å². The van der Waals surface area contributed by atoms with E-state index < -0.39 is 23.0 Å². The predicted octanol–water partition coefficient (Wildman–Crippen LogP) is 2.30. The topological polar surface area (TPSA) is 78.0 Å². The Morgan fingerprint density at radius 3 is 2.45 bits per heavy atom. The van der Waals surface area contributed by atoms with Crippen molar-refractivity contribution in [1.82, 2.24) is 9.78 Å². The van der Waals surface area contributed by atoms with Gasteiger partial charge >= 0.3 is 6.18 Å². The summed E-state index contributed by atoms with van der Waals surface area (Å²) in [5.41, 5.74) is 4.55. The van der Waals surface area contributed by atoms with Gasteiger partial charge in [-0.3, -0.25) is 9.59 Å². The zero-order valence-electron chi connectivity index (χ0n) is 10.9. The van der Waals surface area contributed by atoms with Crippen LogP contribution in [0, 0.1) is 0 Å². The lowest BCUT2D eigenvalue weighted by atomic mass is 10.0. The van der Waals surface area contributed by atoms with Crippen molar-refractivity contribution in [3.05, 3.63) is 47.3 Å². The number of hydrogen-bond acceptors (Lipinski definition) is 3. The molecule has 9 heteroatoms. The minimum Gasteiger partial charge on any atom is -0.369 e. The van der Waals surface area contributed by atoms with E-state index in [0.29, 0.717) is 0 Å². The molecule has 0 radical (unpaired) electrons. The third kappa shape index (κ3) is 3.45. The minimum absolute atomic E-state index is 0.0624. The second-order valence-electron chi connectivity index (χ2n) is 4.40. The molecule has 2 rings (SSSR count). The van der Waals surface area contributed by atoms with Gasteiger partial charge in [-0.15, -0.1) is 0 Å². The molecule has 0 unspecified atom stereocenters. The molecule has 0 aliphatic carbocycles. The van der Waals surface area contributed by atoms with Gasteiger partial charge in [0.05, 0.1) is 12.1 Å². The SMILES string of the molecule is NC(=O)Cc1cc(-n2ccc(C(F)(F)F)n2)ccc1C(=O)Cl. The summed E-state index contributed by atoms with van der Waals surface area (Å²) in [6.07, 6.45) is -3.71. The van der Waals surface area contributed by atoms with Crippen molar-refractivity contribution in [2.45, 2.75) is 12.6 Å². The van der Waals surface area contributed by atoms with E-state index in [1.165, 1.54) is 18.2 Å². The summed E-state index contributed by atoms with van der Waals surface area (Å²) in [6.45, 7) is 0. The van der Waals surface area contributed by atoms with E-state index in [1.807, 2.05) is 0 Å². The molecule has 2 aromatic rings. The molecular weight excluding hydrogens is 323 g/mol. The Morgan fingerprint density at radius 2 is 1.95 bits per heavy atom. The quantitative estimate of drug-likeness (QED) is 0.873. The van der Waals surface area contributed by atoms with E-state index in [-0.39, 0.29) is 23.2 Å². The van der Waals surface area contributed by atoms with Gasteiger partial charge in [0.2, 0.25) is 5.91 Å². The first-order valence-corrected chi connectivity index (χ1v) is 6.30. The number of alkyl halides is 3. The summed E-state index contributed by atoms with van der Waals surface area (Å²) in [5, 5.41) is 2.61. The monoisotopic (exact) mass is 331 g/mol. The molecule has 116 valence electrons. The predicted molar refractivity (Wildman–Crippen MR) is 71.6 cm³/mol. The van der Waals surface area contributed by atoms with Gasteiger partial charge in [0, 0.05) is 11.8 Å². The number of aromatic nitrogens is 2. The van der Waals surface area contributed by atoms with E-state index in [1.54, 1.807) is 0 Å². The molecule has 0 spiro atoms. The van der Waals surface area contributed by atoms with Crippen LogP contribution in [0.5, 0.6) is 0 Å². The van der Waals surface area contributed by atoms with Crippen LogP contribution in [-0.4, -0.2) is 20.9 Å². The van der Waals surface area contributed by atoms with E-state index in [4.69, 9.17) is 17.3 Å². The number of primary amides is 1. The largest absolute Gasteiger partial charge is 0.435 e. The molecule has 5 nitrogen and oxygen atoms in total. The van der Waals surface area contributed by atoms with Crippen LogP contribution < -0.4 is 5.73 Å². The molecule has 22 heavy (non-hydrogen) atoms. The van der Waals surface area contributed by atoms with E-state index in [9.17, 15) is 22.8 Å². The lowest BCUT2D eigenvalue weighted by Gasteiger charge is -2.08. The maximum absolute atomic E-state index is 12.5. The highest BCUT2D eigenvalue weighted by molar-refractivity contribution is 6.68. The highest BCUT2D eigenvalue weighted by Crippen LogP contribution is 2.28. The fourth-order valence-corrected chi connectivity index (χ4v) is 2.05. The Balaban J connectivity index is 2.46. The number of benzene rings is 1. The molecule has 0 atom stereocenters. The van der Waals surface area contributed by atoms with Crippen LogP contribution in [0.3, 0.4) is 0 Å². The number of nitrogens with two attached hydrogens (primary N) is 1. The molecule has 1 amide bonds. The first-order chi connectivity index (χ1) is 10.2. The van der Waals surface area contributed by atoms with Crippen molar-refractivity contribution in [1.29, 1.82) is 0 Å². The molecule has 0 saturated carbocycles. The second kappa shape index (κ2) is 5.80. The summed E-state index contributed by atoms with van der Waals surface area (Å²) in [7, 11) is 0. The van der Waals surface area contributed by atoms with Crippen LogP contribution >= 0.6 is 11.6 Å². The van der Waals surface area contributed by atoms with Crippen LogP contribution in [0.25, 0.3) is 5.69 Å². The summed E-state index contributed by atoms with van der Waals surface area (Å²) >= 11 is 5.39. The van der Waals surface area contributed by atoms with Gasteiger partial charge in [-0.25, -0.2) is 4.68 Å². The Bertz CT molecular complexity index is 740. The lowest BCUT2D eigenvalue weighted by Crippen LogP contribution is -2.16. The standard InChI is InChI=1S/C13H9ClF3N3O2/c14-12(22)9-2-1-8(5-7(9)6-11(18)21)20-4-3-10(19-20)13(15,16)17/h1-5H,6H2,(H2,18,21). The molecule has 2 N–H and O–H groups in total. The smallest absolute Gasteiger partial charge is 0.369 e. The Hall–Kier alpha value is -2.35. The van der Waals surface area contributed by atoms with Crippen LogP contribution in [0.15, 0.2) is 30.5 Å². The van der Waals surface area contributed by atoms with Gasteiger partial charge < -0.3 is 5.73 Å². The molecule has 0 saturated heterocycles. The van der Waals surface area contributed by atoms with Crippen LogP contribution in [-0.2, 0) is 17.4 Å². The van der Waals surface area contributed by atoms with Crippen molar-refractivity contribution in [3.63, 3.8) is 0 Å². The Labute approximate surface area is 127 Å². The van der Waals surface area contributed by atoms with Gasteiger partial charge in [0.25, 0.3) is 5.24 Å². The second-order valence-corrected chi connectivity index (χ2v) is 4.74. The van der Waals surface area contributed by atoms with Crippen molar-refractivity contribution >= 4 is 22.8 Å². The molecule has 0 bridgehead atoms. The van der Waals surface area contributed by atoms with Crippen LogP contribution in [0.4, 0.5) is 13.2 Å². The minimum atomic E-state index is -4.56. The first-order valence-electron chi connectivity index (χ1n) is 5.93. The summed E-state index contributed by atoms with van der Waals surface area (Å²) in [4.78, 5) is 22.3. The summed E-state index contributed by atoms with van der Waals surface area (Å²) in [5.74, 6) is -0.701. The van der Waals surface area contributed by atoms with Crippen molar-refractivity contribution < 1.29 is 22.8 Å². The zero-order chi connectivity index (χ0) is 16.5. The number of amides is 1. The van der Waals surface area contributed by atoms with Gasteiger partial charge in [0.1, 0.15) is 0 Å². The number of halogens is 4. The van der Waals surface area contributed by atoms with Crippen LogP contribution in [0.1, 0.15) is 21.6 Å². The molecule has 0 fully saturated rings. The Kier molecular flexibility index (Phi) is 4.23. The fourth-order valence-electron chi connectivity index (χ4n) is 1.87. The number of nitrogens with zero attached hydrogens (tertiary/aromatic N) is 2. The third-order valence-electron chi connectivity index (χ3n) is 2.81. The first kappa shape index (κ1) is 16.0. The molecular formula is C13H9ClF3N3O2. The molecule has 1 aromatic heterocycles. The normalized spacial score (nSPS) is 11.5. The Morgan fingerprint density at radius 1 is 1.27 bits per heavy atom. The third-order valence-corrected chi connectivity index (χ3v) is 3.01. The number of hydrogen-bond donors (Lipinski definition) is 1. The molecule has 0 aliphatic rings. The van der Waals surface area contributed by atoms with Crippen molar-refractivity contribution in [2.75, 3.05) is 0 Å². The van der Waals surface area contributed by atoms with Crippen LogP contribution in [0.2, 0.25) is 0 Å². The average Bonchev–Trinajstić information content (AvgIpc) is 2.86. The molecule has 1 heterocycles. The van der Waals surface area contributed by atoms with Gasteiger partial charge in [-0.05, 0) is 41.4 Å². The fraction of sp³-hybridized carbons (Fsp3) is 0.154. The van der Waals surface area contributed by atoms with E-state index >= 15 is 0 Å². The highest BCUT2D eigenvalue weighted by Gasteiger charge is 2.33. The summed E-state index contributed by atoms with van der Waals surface area (Å²) in [6, 6.07) is 4.83. The van der Waals surface area contributed by atoms with Gasteiger partial charge in [-0.1, -0.05) is 0 Å². The average molecular weight is 332 g/mol. The lowest BCUT2D eigenvalue weighted by molar-refractivity contribution is -0.141. The summed E-state index contributed by atoms with van der Waals surface area (Å²) < 4.78 is 38.6. The molecule has 1 aromatic carbocycles. The molecule has 0 aliphatic heterocycles. The van der Waals surface area contributed by atoms with Gasteiger partial charge in [-0.2, -0.15) is 18.3 Å². The van der Waals surface area contributed by atoms with Crippen molar-refractivity contribution in [2.24, 2.45) is 5.73 Å². The zero-order valence-corrected chi connectivity index (χ0v) is 11.6. The van der Waals surface area contributed by atoms with Crippen molar-refractivity contribution in [3.8, 4) is 5.69 Å². The maximum atomic E-state index is 12.5. The number of rotatable bonds is 4.